The van der Waals surface area contributed by atoms with Crippen LogP contribution in [0.1, 0.15) is 51.4 Å². The van der Waals surface area contributed by atoms with Gasteiger partial charge in [0.25, 0.3) is 0 Å². The first-order chi connectivity index (χ1) is 22.9. The van der Waals surface area contributed by atoms with E-state index in [1.165, 1.54) is 0 Å². The number of hydrogen-bond donors (Lipinski definition) is 12. The van der Waals surface area contributed by atoms with Gasteiger partial charge in [-0.3, -0.25) is 19.2 Å². The lowest BCUT2D eigenvalue weighted by Gasteiger charge is -2.28. The van der Waals surface area contributed by atoms with Gasteiger partial charge in [-0.15, -0.1) is 0 Å². The second kappa shape index (κ2) is 29.4. The maximum atomic E-state index is 12.2. The molecule has 4 unspecified atom stereocenters. The van der Waals surface area contributed by atoms with Crippen LogP contribution in [0.2, 0.25) is 0 Å². The monoisotopic (exact) mass is 692 g/mol. The largest absolute Gasteiger partial charge is 0.390 e. The molecule has 0 aromatic heterocycles. The Balaban J connectivity index is 5.22. The number of carbonyl (C=O) groups is 4. The molecule has 0 aromatic carbocycles. The molecule has 0 aliphatic carbocycles. The summed E-state index contributed by atoms with van der Waals surface area (Å²) in [4.78, 5) is 53.3. The minimum Gasteiger partial charge on any atom is -0.390 e. The van der Waals surface area contributed by atoms with Crippen LogP contribution in [0.25, 0.3) is 0 Å². The molecule has 18 heteroatoms. The predicted molar refractivity (Wildman–Crippen MR) is 182 cm³/mol. The number of nitrogens with one attached hydrogen (secondary N) is 4. The van der Waals surface area contributed by atoms with E-state index in [2.05, 4.69) is 31.1 Å². The van der Waals surface area contributed by atoms with Crippen molar-refractivity contribution in [2.75, 3.05) is 91.6 Å². The summed E-state index contributed by atoms with van der Waals surface area (Å²) in [6.45, 7) is 4.03. The van der Waals surface area contributed by atoms with Gasteiger partial charge in [-0.05, 0) is 51.9 Å². The zero-order valence-electron chi connectivity index (χ0n) is 28.5. The summed E-state index contributed by atoms with van der Waals surface area (Å²) >= 11 is 0. The van der Waals surface area contributed by atoms with Crippen LogP contribution in [-0.2, 0) is 19.2 Å². The van der Waals surface area contributed by atoms with Gasteiger partial charge < -0.3 is 74.4 Å². The van der Waals surface area contributed by atoms with E-state index >= 15 is 0 Å². The number of aliphatic hydroxyl groups is 4. The van der Waals surface area contributed by atoms with Crippen LogP contribution in [0.3, 0.4) is 0 Å². The van der Waals surface area contributed by atoms with Gasteiger partial charge in [-0.1, -0.05) is 0 Å². The number of rotatable bonds is 31. The highest BCUT2D eigenvalue weighted by atomic mass is 16.3. The quantitative estimate of drug-likeness (QED) is 0.0323. The Bertz CT molecular complexity index is 744. The summed E-state index contributed by atoms with van der Waals surface area (Å²) < 4.78 is 0. The summed E-state index contributed by atoms with van der Waals surface area (Å²) in [6, 6.07) is 0. The fraction of sp³-hybridized carbons (Fsp3) is 0.867. The van der Waals surface area contributed by atoms with Gasteiger partial charge in [0.15, 0.2) is 0 Å². The highest BCUT2D eigenvalue weighted by Crippen LogP contribution is 2.05. The van der Waals surface area contributed by atoms with Gasteiger partial charge in [0.05, 0.1) is 24.4 Å². The normalized spacial score (nSPS) is 14.0. The summed E-state index contributed by atoms with van der Waals surface area (Å²) in [6.07, 6.45) is -0.0528. The first-order valence-corrected chi connectivity index (χ1v) is 17.0. The van der Waals surface area contributed by atoms with Crippen molar-refractivity contribution in [1.29, 1.82) is 0 Å². The second-order valence-electron chi connectivity index (χ2n) is 11.9. The third-order valence-electron chi connectivity index (χ3n) is 7.47. The van der Waals surface area contributed by atoms with Crippen LogP contribution in [0.15, 0.2) is 0 Å². The third-order valence-corrected chi connectivity index (χ3v) is 7.47. The lowest BCUT2D eigenvalue weighted by Crippen LogP contribution is -2.40. The van der Waals surface area contributed by atoms with Crippen molar-refractivity contribution in [2.24, 2.45) is 22.9 Å². The molecule has 282 valence electrons. The summed E-state index contributed by atoms with van der Waals surface area (Å²) in [5.41, 5.74) is 21.6. The molecule has 0 rings (SSSR count). The van der Waals surface area contributed by atoms with Crippen LogP contribution >= 0.6 is 0 Å². The van der Waals surface area contributed by atoms with E-state index < -0.39 is 24.4 Å². The summed E-state index contributed by atoms with van der Waals surface area (Å²) in [7, 11) is 0. The molecule has 18 nitrogen and oxygen atoms in total. The number of amides is 4. The zero-order chi connectivity index (χ0) is 36.2. The standard InChI is InChI=1S/C30H64N10O8/c31-15-23(41)19-35-27(45)5-1-9-39(10-2-6-28(46)36-20-24(42)16-32)13-14-40(11-3-7-29(47)37-21-25(43)17-33)12-4-8-30(48)38-22-26(44)18-34/h23-26,41-44H,1-22,31-34H2,(H,35,45)(H,36,46)(H,37,47)(H,38,48). The molecule has 16 N–H and O–H groups in total. The lowest BCUT2D eigenvalue weighted by atomic mass is 10.2. The van der Waals surface area contributed by atoms with Crippen LogP contribution in [0.5, 0.6) is 0 Å². The SMILES string of the molecule is NCC(O)CNC(=O)CCCN(CCCC(=O)NCC(O)CN)CCN(CCCC(=O)NCC(O)CN)CCCC(=O)NCC(O)CN. The number of aliphatic hydroxyl groups excluding tert-OH is 4. The number of nitrogens with two attached hydrogens (primary N) is 4. The first-order valence-electron chi connectivity index (χ1n) is 17.0. The van der Waals surface area contributed by atoms with E-state index in [0.29, 0.717) is 65.0 Å². The molecule has 0 heterocycles. The van der Waals surface area contributed by atoms with Crippen molar-refractivity contribution in [1.82, 2.24) is 31.1 Å². The van der Waals surface area contributed by atoms with Gasteiger partial charge in [-0.25, -0.2) is 0 Å². The van der Waals surface area contributed by atoms with Crippen molar-refractivity contribution in [3.63, 3.8) is 0 Å². The Kier molecular flexibility index (Phi) is 27.9. The van der Waals surface area contributed by atoms with Crippen molar-refractivity contribution >= 4 is 23.6 Å². The molecule has 0 fully saturated rings. The fourth-order valence-electron chi connectivity index (χ4n) is 4.42. The Morgan fingerprint density at radius 2 is 0.625 bits per heavy atom. The molecule has 0 aliphatic rings. The molecule has 0 aliphatic heterocycles. The molecular formula is C30H64N10O8. The average Bonchev–Trinajstić information content (AvgIpc) is 3.08. The molecule has 0 aromatic rings. The van der Waals surface area contributed by atoms with E-state index in [-0.39, 0.29) is 102 Å². The number of nitrogens with zero attached hydrogens (tertiary/aromatic N) is 2. The van der Waals surface area contributed by atoms with Crippen molar-refractivity contribution < 1.29 is 39.6 Å². The average molecular weight is 693 g/mol. The summed E-state index contributed by atoms with van der Waals surface area (Å²) in [5, 5.41) is 49.0. The van der Waals surface area contributed by atoms with Gasteiger partial charge in [0.1, 0.15) is 0 Å². The summed E-state index contributed by atoms with van der Waals surface area (Å²) in [5.74, 6) is -0.791. The van der Waals surface area contributed by atoms with E-state index in [1.807, 2.05) is 0 Å². The molecule has 0 bridgehead atoms. The minimum absolute atomic E-state index is 0.0491. The zero-order valence-corrected chi connectivity index (χ0v) is 28.5. The van der Waals surface area contributed by atoms with E-state index in [9.17, 15) is 39.6 Å². The van der Waals surface area contributed by atoms with Crippen molar-refractivity contribution in [2.45, 2.75) is 75.8 Å². The van der Waals surface area contributed by atoms with Gasteiger partial charge >= 0.3 is 0 Å². The maximum absolute atomic E-state index is 12.2. The third kappa shape index (κ3) is 26.4. The Morgan fingerprint density at radius 1 is 0.417 bits per heavy atom. The minimum atomic E-state index is -0.805. The van der Waals surface area contributed by atoms with E-state index in [4.69, 9.17) is 22.9 Å². The molecule has 0 radical (unpaired) electrons. The Hall–Kier alpha value is -2.52. The van der Waals surface area contributed by atoms with E-state index in [0.717, 1.165) is 0 Å². The molecule has 4 amide bonds. The molecule has 0 spiro atoms. The highest BCUT2D eigenvalue weighted by Gasteiger charge is 2.15. The topological polar surface area (TPSA) is 308 Å². The molecule has 0 saturated carbocycles. The van der Waals surface area contributed by atoms with Crippen molar-refractivity contribution in [3.05, 3.63) is 0 Å². The fourth-order valence-corrected chi connectivity index (χ4v) is 4.42. The predicted octanol–water partition coefficient (Wildman–Crippen LogP) is -5.55. The molecule has 4 atom stereocenters. The maximum Gasteiger partial charge on any atom is 0.220 e. The van der Waals surface area contributed by atoms with Gasteiger partial charge in [-0.2, -0.15) is 0 Å². The Morgan fingerprint density at radius 3 is 0.812 bits per heavy atom. The first kappa shape index (κ1) is 45.5. The van der Waals surface area contributed by atoms with Crippen LogP contribution in [-0.4, -0.2) is 170 Å². The van der Waals surface area contributed by atoms with Crippen LogP contribution < -0.4 is 44.2 Å². The molecular weight excluding hydrogens is 628 g/mol. The van der Waals surface area contributed by atoms with Crippen LogP contribution in [0, 0.1) is 0 Å². The second-order valence-corrected chi connectivity index (χ2v) is 11.9. The number of hydrogen-bond acceptors (Lipinski definition) is 14. The van der Waals surface area contributed by atoms with Gasteiger partial charge in [0.2, 0.25) is 23.6 Å². The molecule has 48 heavy (non-hydrogen) atoms. The van der Waals surface area contributed by atoms with Crippen LogP contribution in [0.4, 0.5) is 0 Å². The lowest BCUT2D eigenvalue weighted by molar-refractivity contribution is -0.122. The van der Waals surface area contributed by atoms with E-state index in [1.54, 1.807) is 0 Å². The Labute approximate surface area is 284 Å². The van der Waals surface area contributed by atoms with Gasteiger partial charge in [0, 0.05) is 91.1 Å². The highest BCUT2D eigenvalue weighted by molar-refractivity contribution is 5.77. The van der Waals surface area contributed by atoms with Crippen molar-refractivity contribution in [3.8, 4) is 0 Å². The number of carbonyl (C=O) groups excluding carboxylic acids is 4. The molecule has 0 saturated heterocycles. The smallest absolute Gasteiger partial charge is 0.220 e.